The SMILES string of the molecule is COc1ccc(CCNC(=O)/C(C#N)=C\Nc2ccc(N)c(Cl)c2)cc1OC. The van der Waals surface area contributed by atoms with Crippen LogP contribution in [0.1, 0.15) is 5.56 Å². The van der Waals surface area contributed by atoms with Gasteiger partial charge in [0.25, 0.3) is 5.91 Å². The lowest BCUT2D eigenvalue weighted by molar-refractivity contribution is -0.117. The third kappa shape index (κ3) is 5.56. The fraction of sp³-hybridized carbons (Fsp3) is 0.200. The maximum Gasteiger partial charge on any atom is 0.263 e. The lowest BCUT2D eigenvalue weighted by Crippen LogP contribution is -2.27. The monoisotopic (exact) mass is 400 g/mol. The van der Waals surface area contributed by atoms with E-state index in [0.717, 1.165) is 5.56 Å². The first-order chi connectivity index (χ1) is 13.5. The molecule has 0 aliphatic heterocycles. The van der Waals surface area contributed by atoms with Crippen LogP contribution in [0.3, 0.4) is 0 Å². The molecule has 0 saturated heterocycles. The lowest BCUT2D eigenvalue weighted by atomic mass is 10.1. The van der Waals surface area contributed by atoms with Gasteiger partial charge in [-0.15, -0.1) is 0 Å². The Balaban J connectivity index is 1.93. The molecule has 0 fully saturated rings. The summed E-state index contributed by atoms with van der Waals surface area (Å²) in [4.78, 5) is 12.2. The summed E-state index contributed by atoms with van der Waals surface area (Å²) in [6.07, 6.45) is 1.90. The summed E-state index contributed by atoms with van der Waals surface area (Å²) in [7, 11) is 3.13. The minimum absolute atomic E-state index is 0.0553. The minimum Gasteiger partial charge on any atom is -0.493 e. The van der Waals surface area contributed by atoms with Gasteiger partial charge >= 0.3 is 0 Å². The van der Waals surface area contributed by atoms with Crippen LogP contribution in [0.4, 0.5) is 11.4 Å². The van der Waals surface area contributed by atoms with Crippen molar-refractivity contribution < 1.29 is 14.3 Å². The van der Waals surface area contributed by atoms with Gasteiger partial charge in [0, 0.05) is 18.4 Å². The van der Waals surface area contributed by atoms with E-state index in [4.69, 9.17) is 26.8 Å². The highest BCUT2D eigenvalue weighted by atomic mass is 35.5. The van der Waals surface area contributed by atoms with Crippen LogP contribution >= 0.6 is 11.6 Å². The Morgan fingerprint density at radius 3 is 2.61 bits per heavy atom. The summed E-state index contributed by atoms with van der Waals surface area (Å²) in [5.41, 5.74) is 7.63. The van der Waals surface area contributed by atoms with Crippen molar-refractivity contribution in [3.8, 4) is 17.6 Å². The zero-order valence-corrected chi connectivity index (χ0v) is 16.3. The van der Waals surface area contributed by atoms with Crippen LogP contribution in [-0.2, 0) is 11.2 Å². The smallest absolute Gasteiger partial charge is 0.263 e. The van der Waals surface area contributed by atoms with Crippen molar-refractivity contribution in [1.29, 1.82) is 5.26 Å². The first-order valence-electron chi connectivity index (χ1n) is 8.39. The number of hydrogen-bond acceptors (Lipinski definition) is 6. The molecular weight excluding hydrogens is 380 g/mol. The number of carbonyl (C=O) groups excluding carboxylic acids is 1. The molecule has 0 spiro atoms. The maximum atomic E-state index is 12.2. The third-order valence-corrected chi connectivity index (χ3v) is 4.22. The van der Waals surface area contributed by atoms with E-state index >= 15 is 0 Å². The van der Waals surface area contributed by atoms with E-state index in [0.29, 0.717) is 40.9 Å². The first-order valence-corrected chi connectivity index (χ1v) is 8.77. The highest BCUT2D eigenvalue weighted by Crippen LogP contribution is 2.27. The second-order valence-corrected chi connectivity index (χ2v) is 6.15. The number of benzene rings is 2. The summed E-state index contributed by atoms with van der Waals surface area (Å²) >= 11 is 5.95. The Morgan fingerprint density at radius 2 is 1.96 bits per heavy atom. The molecule has 2 aromatic rings. The number of methoxy groups -OCH3 is 2. The van der Waals surface area contributed by atoms with Crippen molar-refractivity contribution in [1.82, 2.24) is 5.32 Å². The summed E-state index contributed by atoms with van der Waals surface area (Å²) in [6.45, 7) is 0.362. The molecule has 0 heterocycles. The number of nitrogens with zero attached hydrogens (tertiary/aromatic N) is 1. The molecule has 1 amide bonds. The number of halogens is 1. The number of carbonyl (C=O) groups is 1. The predicted octanol–water partition coefficient (Wildman–Crippen LogP) is 3.12. The van der Waals surface area contributed by atoms with Gasteiger partial charge in [0.15, 0.2) is 11.5 Å². The second kappa shape index (κ2) is 10.1. The van der Waals surface area contributed by atoms with E-state index in [-0.39, 0.29) is 5.57 Å². The van der Waals surface area contributed by atoms with Crippen LogP contribution in [0.5, 0.6) is 11.5 Å². The van der Waals surface area contributed by atoms with Crippen LogP contribution in [0.15, 0.2) is 48.2 Å². The molecule has 0 unspecified atom stereocenters. The molecule has 0 radical (unpaired) electrons. The Morgan fingerprint density at radius 1 is 1.21 bits per heavy atom. The van der Waals surface area contributed by atoms with Crippen molar-refractivity contribution >= 4 is 28.9 Å². The number of hydrogen-bond donors (Lipinski definition) is 3. The number of rotatable bonds is 8. The Labute approximate surface area is 168 Å². The molecule has 0 atom stereocenters. The van der Waals surface area contributed by atoms with Gasteiger partial charge in [0.2, 0.25) is 0 Å². The largest absolute Gasteiger partial charge is 0.493 e. The number of ether oxygens (including phenoxy) is 2. The van der Waals surface area contributed by atoms with E-state index < -0.39 is 5.91 Å². The Bertz CT molecular complexity index is 922. The Kier molecular flexibility index (Phi) is 7.55. The van der Waals surface area contributed by atoms with Crippen molar-refractivity contribution in [2.24, 2.45) is 0 Å². The van der Waals surface area contributed by atoms with Gasteiger partial charge < -0.3 is 25.8 Å². The van der Waals surface area contributed by atoms with Crippen molar-refractivity contribution in [2.75, 3.05) is 31.8 Å². The van der Waals surface area contributed by atoms with Crippen molar-refractivity contribution in [3.63, 3.8) is 0 Å². The van der Waals surface area contributed by atoms with Gasteiger partial charge in [-0.05, 0) is 42.3 Å². The van der Waals surface area contributed by atoms with E-state index in [1.807, 2.05) is 18.2 Å². The molecule has 2 rings (SSSR count). The number of amides is 1. The van der Waals surface area contributed by atoms with Gasteiger partial charge in [-0.1, -0.05) is 17.7 Å². The number of nitriles is 1. The summed E-state index contributed by atoms with van der Waals surface area (Å²) in [6, 6.07) is 12.3. The zero-order chi connectivity index (χ0) is 20.5. The molecule has 28 heavy (non-hydrogen) atoms. The van der Waals surface area contributed by atoms with E-state index in [2.05, 4.69) is 10.6 Å². The summed E-state index contributed by atoms with van der Waals surface area (Å²) < 4.78 is 10.5. The quantitative estimate of drug-likeness (QED) is 0.357. The molecular formula is C20H21ClN4O3. The van der Waals surface area contributed by atoms with E-state index in [1.165, 1.54) is 6.20 Å². The Hall–Kier alpha value is -3.37. The molecule has 8 heteroatoms. The third-order valence-electron chi connectivity index (χ3n) is 3.90. The predicted molar refractivity (Wildman–Crippen MR) is 109 cm³/mol. The molecule has 0 saturated carbocycles. The molecule has 4 N–H and O–H groups in total. The topological polar surface area (TPSA) is 109 Å². The average Bonchev–Trinajstić information content (AvgIpc) is 2.70. The normalized spacial score (nSPS) is 10.7. The molecule has 0 aliphatic carbocycles. The van der Waals surface area contributed by atoms with Gasteiger partial charge in [-0.3, -0.25) is 4.79 Å². The van der Waals surface area contributed by atoms with Crippen LogP contribution in [0.25, 0.3) is 0 Å². The van der Waals surface area contributed by atoms with Crippen LogP contribution in [0, 0.1) is 11.3 Å². The molecule has 146 valence electrons. The maximum absolute atomic E-state index is 12.2. The average molecular weight is 401 g/mol. The van der Waals surface area contributed by atoms with Crippen LogP contribution < -0.4 is 25.8 Å². The van der Waals surface area contributed by atoms with E-state index in [9.17, 15) is 10.1 Å². The number of anilines is 2. The van der Waals surface area contributed by atoms with Gasteiger partial charge in [0.05, 0.1) is 24.9 Å². The molecule has 0 aliphatic rings. The fourth-order valence-corrected chi connectivity index (χ4v) is 2.55. The second-order valence-electron chi connectivity index (χ2n) is 5.75. The first kappa shape index (κ1) is 20.9. The van der Waals surface area contributed by atoms with Crippen molar-refractivity contribution in [2.45, 2.75) is 6.42 Å². The molecule has 7 nitrogen and oxygen atoms in total. The van der Waals surface area contributed by atoms with Crippen molar-refractivity contribution in [3.05, 3.63) is 58.8 Å². The number of nitrogens with two attached hydrogens (primary N) is 1. The van der Waals surface area contributed by atoms with Crippen LogP contribution in [-0.4, -0.2) is 26.7 Å². The molecule has 0 aromatic heterocycles. The highest BCUT2D eigenvalue weighted by Gasteiger charge is 2.09. The van der Waals surface area contributed by atoms with Gasteiger partial charge in [-0.25, -0.2) is 0 Å². The molecule has 2 aromatic carbocycles. The van der Waals surface area contributed by atoms with Crippen LogP contribution in [0.2, 0.25) is 5.02 Å². The number of nitrogens with one attached hydrogen (secondary N) is 2. The summed E-state index contributed by atoms with van der Waals surface area (Å²) in [5, 5.41) is 15.2. The highest BCUT2D eigenvalue weighted by molar-refractivity contribution is 6.33. The zero-order valence-electron chi connectivity index (χ0n) is 15.6. The van der Waals surface area contributed by atoms with Gasteiger partial charge in [-0.2, -0.15) is 5.26 Å². The van der Waals surface area contributed by atoms with E-state index in [1.54, 1.807) is 38.5 Å². The summed E-state index contributed by atoms with van der Waals surface area (Å²) in [5.74, 6) is 0.783. The lowest BCUT2D eigenvalue weighted by Gasteiger charge is -2.10. The number of nitrogen functional groups attached to an aromatic ring is 1. The fourth-order valence-electron chi connectivity index (χ4n) is 2.37. The standard InChI is InChI=1S/C20H21ClN4O3/c1-27-18-6-3-13(9-19(18)28-2)7-8-24-20(26)14(11-22)12-25-15-4-5-17(23)16(21)10-15/h3-6,9-10,12,25H,7-8,23H2,1-2H3,(H,24,26)/b14-12-. The molecule has 0 bridgehead atoms. The van der Waals surface area contributed by atoms with Gasteiger partial charge in [0.1, 0.15) is 11.6 Å². The minimum atomic E-state index is -0.475.